The van der Waals surface area contributed by atoms with Gasteiger partial charge in [-0.2, -0.15) is 0 Å². The minimum Gasteiger partial charge on any atom is -0.350 e. The molecule has 4 nitrogen and oxygen atoms in total. The van der Waals surface area contributed by atoms with E-state index in [1.807, 2.05) is 54.6 Å². The maximum atomic E-state index is 12.8. The van der Waals surface area contributed by atoms with Crippen LogP contribution in [0.2, 0.25) is 5.02 Å². The second-order valence-corrected chi connectivity index (χ2v) is 6.80. The van der Waals surface area contributed by atoms with Crippen LogP contribution in [0, 0.1) is 0 Å². The van der Waals surface area contributed by atoms with Gasteiger partial charge in [0.15, 0.2) is 0 Å². The lowest BCUT2D eigenvalue weighted by Gasteiger charge is -2.19. The molecule has 0 radical (unpaired) electrons. The van der Waals surface area contributed by atoms with E-state index in [0.717, 1.165) is 11.1 Å². The van der Waals surface area contributed by atoms with E-state index in [1.165, 1.54) is 0 Å². The van der Waals surface area contributed by atoms with E-state index in [0.29, 0.717) is 23.6 Å². The number of nitrogens with one attached hydrogen (secondary N) is 2. The molecule has 0 aliphatic heterocycles. The molecule has 0 heterocycles. The Labute approximate surface area is 169 Å². The first kappa shape index (κ1) is 19.6. The van der Waals surface area contributed by atoms with E-state index < -0.39 is 6.04 Å². The van der Waals surface area contributed by atoms with Gasteiger partial charge in [0.05, 0.1) is 0 Å². The van der Waals surface area contributed by atoms with Crippen LogP contribution < -0.4 is 10.6 Å². The van der Waals surface area contributed by atoms with Gasteiger partial charge < -0.3 is 10.6 Å². The first-order valence-corrected chi connectivity index (χ1v) is 9.42. The van der Waals surface area contributed by atoms with Crippen molar-refractivity contribution in [2.75, 3.05) is 0 Å². The lowest BCUT2D eigenvalue weighted by atomic mass is 10.0. The summed E-state index contributed by atoms with van der Waals surface area (Å²) in [5, 5.41) is 6.32. The van der Waals surface area contributed by atoms with E-state index >= 15 is 0 Å². The summed E-state index contributed by atoms with van der Waals surface area (Å²) in [4.78, 5) is 25.4. The van der Waals surface area contributed by atoms with E-state index in [1.54, 1.807) is 30.3 Å². The van der Waals surface area contributed by atoms with Crippen molar-refractivity contribution < 1.29 is 9.59 Å². The Balaban J connectivity index is 1.72. The van der Waals surface area contributed by atoms with Crippen LogP contribution in [0.3, 0.4) is 0 Å². The number of hydrogen-bond donors (Lipinski definition) is 2. The third-order valence-electron chi connectivity index (χ3n) is 4.35. The Bertz CT molecular complexity index is 930. The number of amides is 2. The van der Waals surface area contributed by atoms with Crippen molar-refractivity contribution in [1.82, 2.24) is 10.6 Å². The van der Waals surface area contributed by atoms with Crippen molar-refractivity contribution >= 4 is 23.4 Å². The van der Waals surface area contributed by atoms with Crippen molar-refractivity contribution in [2.24, 2.45) is 0 Å². The molecule has 0 aromatic heterocycles. The fraction of sp³-hybridized carbons (Fsp3) is 0.130. The van der Waals surface area contributed by atoms with Crippen molar-refractivity contribution in [3.8, 4) is 0 Å². The topological polar surface area (TPSA) is 58.2 Å². The third kappa shape index (κ3) is 5.44. The maximum Gasteiger partial charge on any atom is 0.251 e. The highest BCUT2D eigenvalue weighted by Gasteiger charge is 2.22. The Kier molecular flexibility index (Phi) is 6.82. The van der Waals surface area contributed by atoms with Crippen molar-refractivity contribution in [3.05, 3.63) is 107 Å². The minimum atomic E-state index is -0.697. The van der Waals surface area contributed by atoms with Crippen LogP contribution in [0.4, 0.5) is 0 Å². The van der Waals surface area contributed by atoms with Crippen LogP contribution in [0.25, 0.3) is 0 Å². The zero-order valence-corrected chi connectivity index (χ0v) is 16.0. The van der Waals surface area contributed by atoms with Gasteiger partial charge in [0.1, 0.15) is 6.04 Å². The largest absolute Gasteiger partial charge is 0.350 e. The molecule has 3 aromatic rings. The lowest BCUT2D eigenvalue weighted by Crippen LogP contribution is -2.47. The fourth-order valence-corrected chi connectivity index (χ4v) is 3.04. The molecule has 3 aromatic carbocycles. The molecule has 0 bridgehead atoms. The summed E-state index contributed by atoms with van der Waals surface area (Å²) in [6.45, 7) is 0.297. The second kappa shape index (κ2) is 9.72. The van der Waals surface area contributed by atoms with Crippen molar-refractivity contribution in [2.45, 2.75) is 19.0 Å². The summed E-state index contributed by atoms with van der Waals surface area (Å²) < 4.78 is 0. The Morgan fingerprint density at radius 2 is 1.43 bits per heavy atom. The van der Waals surface area contributed by atoms with Crippen molar-refractivity contribution in [1.29, 1.82) is 0 Å². The van der Waals surface area contributed by atoms with Gasteiger partial charge in [-0.05, 0) is 29.3 Å². The number of halogens is 1. The van der Waals surface area contributed by atoms with E-state index in [4.69, 9.17) is 11.6 Å². The second-order valence-electron chi connectivity index (χ2n) is 6.39. The summed E-state index contributed by atoms with van der Waals surface area (Å²) >= 11 is 6.16. The monoisotopic (exact) mass is 392 g/mol. The first-order chi connectivity index (χ1) is 13.6. The van der Waals surface area contributed by atoms with Gasteiger partial charge in [0, 0.05) is 23.6 Å². The highest BCUT2D eigenvalue weighted by molar-refractivity contribution is 6.31. The van der Waals surface area contributed by atoms with Gasteiger partial charge >= 0.3 is 0 Å². The standard InChI is InChI=1S/C23H21ClN2O2/c24-20-14-8-7-13-19(20)16-25-23(28)21(15-17-9-3-1-4-10-17)26-22(27)18-11-5-2-6-12-18/h1-14,21H,15-16H2,(H,25,28)(H,26,27)/t21-/m1/s1. The van der Waals surface area contributed by atoms with Gasteiger partial charge in [0.25, 0.3) is 5.91 Å². The predicted octanol–water partition coefficient (Wildman–Crippen LogP) is 4.00. The van der Waals surface area contributed by atoms with Crippen LogP contribution in [0.15, 0.2) is 84.9 Å². The van der Waals surface area contributed by atoms with Gasteiger partial charge in [-0.3, -0.25) is 9.59 Å². The number of benzene rings is 3. The lowest BCUT2D eigenvalue weighted by molar-refractivity contribution is -0.123. The Hall–Kier alpha value is -3.11. The first-order valence-electron chi connectivity index (χ1n) is 9.04. The molecule has 0 spiro atoms. The summed E-state index contributed by atoms with van der Waals surface area (Å²) in [6.07, 6.45) is 0.397. The highest BCUT2D eigenvalue weighted by Crippen LogP contribution is 2.14. The van der Waals surface area contributed by atoms with Crippen molar-refractivity contribution in [3.63, 3.8) is 0 Å². The molecule has 0 saturated heterocycles. The Morgan fingerprint density at radius 3 is 2.11 bits per heavy atom. The molecule has 0 aliphatic carbocycles. The maximum absolute atomic E-state index is 12.8. The van der Waals surface area contributed by atoms with E-state index in [2.05, 4.69) is 10.6 Å². The van der Waals surface area contributed by atoms with Crippen LogP contribution in [-0.4, -0.2) is 17.9 Å². The van der Waals surface area contributed by atoms with Gasteiger partial charge in [-0.25, -0.2) is 0 Å². The summed E-state index contributed by atoms with van der Waals surface area (Å²) in [5.74, 6) is -0.539. The predicted molar refractivity (Wildman–Crippen MR) is 111 cm³/mol. The average Bonchev–Trinajstić information content (AvgIpc) is 2.74. The summed E-state index contributed by atoms with van der Waals surface area (Å²) in [6, 6.07) is 25.1. The molecule has 142 valence electrons. The number of carbonyl (C=O) groups excluding carboxylic acids is 2. The van der Waals surface area contributed by atoms with Gasteiger partial charge in [-0.1, -0.05) is 78.3 Å². The molecule has 3 rings (SSSR count). The molecule has 0 saturated carbocycles. The molecule has 0 fully saturated rings. The summed E-state index contributed by atoms with van der Waals surface area (Å²) in [7, 11) is 0. The Morgan fingerprint density at radius 1 is 0.821 bits per heavy atom. The highest BCUT2D eigenvalue weighted by atomic mass is 35.5. The van der Waals surface area contributed by atoms with Gasteiger partial charge in [-0.15, -0.1) is 0 Å². The molecule has 2 amide bonds. The molecule has 5 heteroatoms. The normalized spacial score (nSPS) is 11.5. The zero-order chi connectivity index (χ0) is 19.8. The SMILES string of the molecule is O=C(N[C@H](Cc1ccccc1)C(=O)NCc1ccccc1Cl)c1ccccc1. The number of carbonyl (C=O) groups is 2. The van der Waals surface area contributed by atoms with Crippen LogP contribution in [-0.2, 0) is 17.8 Å². The van der Waals surface area contributed by atoms with Gasteiger partial charge in [0.2, 0.25) is 5.91 Å². The third-order valence-corrected chi connectivity index (χ3v) is 4.72. The van der Waals surface area contributed by atoms with E-state index in [9.17, 15) is 9.59 Å². The molecule has 0 aliphatic rings. The minimum absolute atomic E-state index is 0.256. The molecule has 0 unspecified atom stereocenters. The average molecular weight is 393 g/mol. The number of hydrogen-bond acceptors (Lipinski definition) is 2. The van der Waals surface area contributed by atoms with Crippen LogP contribution in [0.1, 0.15) is 21.5 Å². The molecule has 2 N–H and O–H groups in total. The molecular formula is C23H21ClN2O2. The smallest absolute Gasteiger partial charge is 0.251 e. The summed E-state index contributed by atoms with van der Waals surface area (Å²) in [5.41, 5.74) is 2.30. The fourth-order valence-electron chi connectivity index (χ4n) is 2.84. The number of rotatable bonds is 7. The zero-order valence-electron chi connectivity index (χ0n) is 15.3. The molecule has 28 heavy (non-hydrogen) atoms. The van der Waals surface area contributed by atoms with Crippen LogP contribution >= 0.6 is 11.6 Å². The van der Waals surface area contributed by atoms with Crippen LogP contribution in [0.5, 0.6) is 0 Å². The van der Waals surface area contributed by atoms with E-state index in [-0.39, 0.29) is 11.8 Å². The quantitative estimate of drug-likeness (QED) is 0.638. The molecular weight excluding hydrogens is 372 g/mol. The molecule has 1 atom stereocenters.